The Kier molecular flexibility index (Phi) is 4.25. The number of hydrogen-bond donors (Lipinski definition) is 3. The minimum Gasteiger partial charge on any atom is -0.397 e. The lowest BCUT2D eigenvalue weighted by atomic mass is 9.80. The van der Waals surface area contributed by atoms with Gasteiger partial charge in [-0.25, -0.2) is 13.6 Å². The summed E-state index contributed by atoms with van der Waals surface area (Å²) in [7, 11) is -3.70. The summed E-state index contributed by atoms with van der Waals surface area (Å²) in [6, 6.07) is 4.98. The zero-order valence-corrected chi connectivity index (χ0v) is 12.8. The van der Waals surface area contributed by atoms with Gasteiger partial charge in [0, 0.05) is 6.04 Å². The molecule has 6 heteroatoms. The molecular weight excluding hydrogens is 274 g/mol. The predicted octanol–water partition coefficient (Wildman–Crippen LogP) is 2.15. The molecule has 1 aliphatic rings. The monoisotopic (exact) mass is 297 g/mol. The van der Waals surface area contributed by atoms with Crippen molar-refractivity contribution in [3.63, 3.8) is 0 Å². The first kappa shape index (κ1) is 15.1. The fourth-order valence-electron chi connectivity index (χ4n) is 2.93. The van der Waals surface area contributed by atoms with Gasteiger partial charge in [0.2, 0.25) is 10.0 Å². The normalized spacial score (nSPS) is 27.2. The molecule has 1 aromatic carbocycles. The van der Waals surface area contributed by atoms with E-state index < -0.39 is 10.0 Å². The standard InChI is InChI=1S/C14H23N3O2S/c1-9-3-5-13(10(2)7-9)17-14-6-4-11(8-12(14)15)20(16,18)19/h4,6,8-10,13,17H,3,5,7,15H2,1-2H3,(H2,16,18,19). The van der Waals surface area contributed by atoms with Gasteiger partial charge in [0.15, 0.2) is 0 Å². The molecule has 0 saturated heterocycles. The van der Waals surface area contributed by atoms with Crippen LogP contribution in [0, 0.1) is 11.8 Å². The van der Waals surface area contributed by atoms with Gasteiger partial charge >= 0.3 is 0 Å². The molecule has 0 aromatic heterocycles. The molecule has 0 spiro atoms. The van der Waals surface area contributed by atoms with Crippen LogP contribution < -0.4 is 16.2 Å². The van der Waals surface area contributed by atoms with Gasteiger partial charge in [-0.2, -0.15) is 0 Å². The van der Waals surface area contributed by atoms with E-state index >= 15 is 0 Å². The summed E-state index contributed by atoms with van der Waals surface area (Å²) in [4.78, 5) is 0.0471. The molecule has 0 radical (unpaired) electrons. The molecule has 112 valence electrons. The van der Waals surface area contributed by atoms with E-state index in [0.717, 1.165) is 18.0 Å². The Morgan fingerprint density at radius 1 is 1.25 bits per heavy atom. The van der Waals surface area contributed by atoms with Crippen molar-refractivity contribution >= 4 is 21.4 Å². The van der Waals surface area contributed by atoms with Crippen molar-refractivity contribution in [3.05, 3.63) is 18.2 Å². The summed E-state index contributed by atoms with van der Waals surface area (Å²) in [5.41, 5.74) is 7.13. The van der Waals surface area contributed by atoms with Crippen LogP contribution in [0.2, 0.25) is 0 Å². The fraction of sp³-hybridized carbons (Fsp3) is 0.571. The van der Waals surface area contributed by atoms with Crippen molar-refractivity contribution in [2.24, 2.45) is 17.0 Å². The lowest BCUT2D eigenvalue weighted by Crippen LogP contribution is -2.33. The maximum atomic E-state index is 11.3. The molecule has 2 rings (SSSR count). The van der Waals surface area contributed by atoms with Crippen molar-refractivity contribution in [1.29, 1.82) is 0 Å². The molecule has 0 aliphatic heterocycles. The molecule has 1 fully saturated rings. The highest BCUT2D eigenvalue weighted by Crippen LogP contribution is 2.32. The summed E-state index contributed by atoms with van der Waals surface area (Å²) in [5.74, 6) is 1.35. The maximum Gasteiger partial charge on any atom is 0.238 e. The molecule has 3 atom stereocenters. The van der Waals surface area contributed by atoms with Crippen LogP contribution in [0.1, 0.15) is 33.1 Å². The number of nitrogens with two attached hydrogens (primary N) is 2. The van der Waals surface area contributed by atoms with E-state index in [4.69, 9.17) is 10.9 Å². The van der Waals surface area contributed by atoms with Crippen LogP contribution in [0.15, 0.2) is 23.1 Å². The third-order valence-corrected chi connectivity index (χ3v) is 5.03. The zero-order valence-electron chi connectivity index (χ0n) is 12.0. The van der Waals surface area contributed by atoms with E-state index in [1.54, 1.807) is 6.07 Å². The van der Waals surface area contributed by atoms with Crippen molar-refractivity contribution in [2.45, 2.75) is 44.0 Å². The van der Waals surface area contributed by atoms with E-state index in [0.29, 0.717) is 17.6 Å². The number of primary sulfonamides is 1. The van der Waals surface area contributed by atoms with E-state index in [-0.39, 0.29) is 4.90 Å². The van der Waals surface area contributed by atoms with Gasteiger partial charge in [-0.05, 0) is 49.3 Å². The summed E-state index contributed by atoms with van der Waals surface area (Å²) in [6.45, 7) is 4.52. The highest BCUT2D eigenvalue weighted by molar-refractivity contribution is 7.89. The van der Waals surface area contributed by atoms with Gasteiger partial charge in [-0.3, -0.25) is 0 Å². The average Bonchev–Trinajstić information content (AvgIpc) is 2.33. The molecule has 1 saturated carbocycles. The van der Waals surface area contributed by atoms with E-state index in [9.17, 15) is 8.42 Å². The second-order valence-electron chi connectivity index (χ2n) is 5.94. The number of benzene rings is 1. The topological polar surface area (TPSA) is 98.2 Å². The van der Waals surface area contributed by atoms with Crippen LogP contribution >= 0.6 is 0 Å². The number of sulfonamides is 1. The highest BCUT2D eigenvalue weighted by Gasteiger charge is 2.25. The summed E-state index contributed by atoms with van der Waals surface area (Å²) < 4.78 is 22.6. The van der Waals surface area contributed by atoms with Gasteiger partial charge in [-0.15, -0.1) is 0 Å². The highest BCUT2D eigenvalue weighted by atomic mass is 32.2. The van der Waals surface area contributed by atoms with Gasteiger partial charge < -0.3 is 11.1 Å². The Hall–Kier alpha value is -1.27. The summed E-state index contributed by atoms with van der Waals surface area (Å²) >= 11 is 0. The first-order valence-corrected chi connectivity index (χ1v) is 8.51. The molecule has 0 bridgehead atoms. The number of nitrogen functional groups attached to an aromatic ring is 1. The third-order valence-electron chi connectivity index (χ3n) is 4.12. The largest absolute Gasteiger partial charge is 0.397 e. The van der Waals surface area contributed by atoms with E-state index in [1.807, 2.05) is 0 Å². The molecule has 3 unspecified atom stereocenters. The summed E-state index contributed by atoms with van der Waals surface area (Å²) in [5, 5.41) is 8.53. The molecular formula is C14H23N3O2S. The Balaban J connectivity index is 2.14. The smallest absolute Gasteiger partial charge is 0.238 e. The first-order valence-electron chi connectivity index (χ1n) is 6.96. The molecule has 5 N–H and O–H groups in total. The van der Waals surface area contributed by atoms with Crippen molar-refractivity contribution < 1.29 is 8.42 Å². The zero-order chi connectivity index (χ0) is 14.9. The van der Waals surface area contributed by atoms with Crippen LogP contribution in [0.5, 0.6) is 0 Å². The molecule has 1 aromatic rings. The quantitative estimate of drug-likeness (QED) is 0.744. The molecule has 0 amide bonds. The molecule has 1 aliphatic carbocycles. The number of anilines is 2. The van der Waals surface area contributed by atoms with Gasteiger partial charge in [0.05, 0.1) is 16.3 Å². The van der Waals surface area contributed by atoms with Gasteiger partial charge in [0.25, 0.3) is 0 Å². The average molecular weight is 297 g/mol. The van der Waals surface area contributed by atoms with E-state index in [2.05, 4.69) is 19.2 Å². The molecule has 20 heavy (non-hydrogen) atoms. The van der Waals surface area contributed by atoms with Crippen molar-refractivity contribution in [2.75, 3.05) is 11.1 Å². The molecule has 5 nitrogen and oxygen atoms in total. The fourth-order valence-corrected chi connectivity index (χ4v) is 3.48. The number of nitrogens with one attached hydrogen (secondary N) is 1. The predicted molar refractivity (Wildman–Crippen MR) is 81.8 cm³/mol. The first-order chi connectivity index (χ1) is 9.27. The Bertz CT molecular complexity index is 586. The van der Waals surface area contributed by atoms with Gasteiger partial charge in [0.1, 0.15) is 0 Å². The van der Waals surface area contributed by atoms with E-state index in [1.165, 1.54) is 25.0 Å². The van der Waals surface area contributed by atoms with Crippen LogP contribution in [0.25, 0.3) is 0 Å². The van der Waals surface area contributed by atoms with Crippen LogP contribution in [0.4, 0.5) is 11.4 Å². The minimum absolute atomic E-state index is 0.0471. The van der Waals surface area contributed by atoms with Crippen molar-refractivity contribution in [3.8, 4) is 0 Å². The Morgan fingerprint density at radius 3 is 2.50 bits per heavy atom. The van der Waals surface area contributed by atoms with Crippen molar-refractivity contribution in [1.82, 2.24) is 0 Å². The van der Waals surface area contributed by atoms with Crippen LogP contribution in [0.3, 0.4) is 0 Å². The minimum atomic E-state index is -3.70. The summed E-state index contributed by atoms with van der Waals surface area (Å²) in [6.07, 6.45) is 3.52. The van der Waals surface area contributed by atoms with Gasteiger partial charge in [-0.1, -0.05) is 13.8 Å². The Labute approximate surface area is 120 Å². The second-order valence-corrected chi connectivity index (χ2v) is 7.50. The maximum absolute atomic E-state index is 11.3. The van der Waals surface area contributed by atoms with Crippen LogP contribution in [-0.2, 0) is 10.0 Å². The van der Waals surface area contributed by atoms with Crippen LogP contribution in [-0.4, -0.2) is 14.5 Å². The molecule has 0 heterocycles. The lowest BCUT2D eigenvalue weighted by molar-refractivity contribution is 0.276. The Morgan fingerprint density at radius 2 is 1.95 bits per heavy atom. The number of hydrogen-bond acceptors (Lipinski definition) is 4. The SMILES string of the molecule is CC1CCC(Nc2ccc(S(N)(=O)=O)cc2N)C(C)C1. The second kappa shape index (κ2) is 5.61. The number of rotatable bonds is 3. The third kappa shape index (κ3) is 3.43. The lowest BCUT2D eigenvalue weighted by Gasteiger charge is -2.34.